The van der Waals surface area contributed by atoms with Crippen molar-refractivity contribution in [1.82, 2.24) is 15.2 Å². The van der Waals surface area contributed by atoms with E-state index in [2.05, 4.69) is 19.9 Å². The van der Waals surface area contributed by atoms with Crippen LogP contribution < -0.4 is 9.64 Å². The van der Waals surface area contributed by atoms with Gasteiger partial charge in [0.25, 0.3) is 5.91 Å². The Morgan fingerprint density at radius 2 is 2.00 bits per heavy atom. The first-order valence-electron chi connectivity index (χ1n) is 6.19. The number of aromatic nitrogens is 3. The molecule has 0 aliphatic carbocycles. The maximum absolute atomic E-state index is 12.2. The molecule has 2 aromatic heterocycles. The summed E-state index contributed by atoms with van der Waals surface area (Å²) in [6, 6.07) is 5.45. The largest absolute Gasteiger partial charge is 0.467 e. The Balaban J connectivity index is 2.06. The number of anilines is 1. The van der Waals surface area contributed by atoms with Crippen LogP contribution in [0, 0.1) is 0 Å². The van der Waals surface area contributed by atoms with Crippen molar-refractivity contribution in [3.8, 4) is 5.88 Å². The van der Waals surface area contributed by atoms with E-state index in [0.29, 0.717) is 10.8 Å². The number of ether oxygens (including phenoxy) is 1. The monoisotopic (exact) mass is 346 g/mol. The Labute approximate surface area is 133 Å². The van der Waals surface area contributed by atoms with E-state index in [4.69, 9.17) is 11.6 Å². The number of halogens is 4. The van der Waals surface area contributed by atoms with Gasteiger partial charge in [-0.2, -0.15) is 13.2 Å². The van der Waals surface area contributed by atoms with Crippen LogP contribution in [0.5, 0.6) is 5.88 Å². The molecular formula is C13H10ClF3N4O2. The van der Waals surface area contributed by atoms with Crippen LogP contribution in [-0.4, -0.2) is 40.9 Å². The lowest BCUT2D eigenvalue weighted by molar-refractivity contribution is -0.154. The fourth-order valence-electron chi connectivity index (χ4n) is 1.51. The van der Waals surface area contributed by atoms with Gasteiger partial charge in [0.15, 0.2) is 12.3 Å². The summed E-state index contributed by atoms with van der Waals surface area (Å²) in [5.41, 5.74) is -0.0661. The van der Waals surface area contributed by atoms with Crippen LogP contribution in [0.3, 0.4) is 0 Å². The number of hydrogen-bond donors (Lipinski definition) is 0. The van der Waals surface area contributed by atoms with Gasteiger partial charge in [-0.15, -0.1) is 10.2 Å². The first-order chi connectivity index (χ1) is 10.8. The van der Waals surface area contributed by atoms with E-state index in [1.807, 2.05) is 0 Å². The molecule has 0 saturated carbocycles. The Morgan fingerprint density at radius 3 is 2.52 bits per heavy atom. The van der Waals surface area contributed by atoms with Gasteiger partial charge >= 0.3 is 6.18 Å². The molecule has 2 heterocycles. The number of nitrogens with zero attached hydrogens (tertiary/aromatic N) is 4. The Kier molecular flexibility index (Phi) is 4.99. The molecule has 0 aromatic carbocycles. The molecule has 0 bridgehead atoms. The molecule has 10 heteroatoms. The van der Waals surface area contributed by atoms with Crippen LogP contribution in [0.15, 0.2) is 30.5 Å². The molecule has 0 spiro atoms. The number of hydrogen-bond acceptors (Lipinski definition) is 5. The number of alkyl halides is 3. The van der Waals surface area contributed by atoms with E-state index in [9.17, 15) is 18.0 Å². The molecule has 1 amide bonds. The lowest BCUT2D eigenvalue weighted by atomic mass is 10.3. The zero-order chi connectivity index (χ0) is 17.0. The highest BCUT2D eigenvalue weighted by atomic mass is 35.5. The zero-order valence-corrected chi connectivity index (χ0v) is 12.5. The number of carbonyl (C=O) groups excluding carboxylic acids is 1. The number of rotatable bonds is 4. The third kappa shape index (κ3) is 4.78. The fourth-order valence-corrected chi connectivity index (χ4v) is 1.62. The third-order valence-electron chi connectivity index (χ3n) is 2.60. The highest BCUT2D eigenvalue weighted by Crippen LogP contribution is 2.18. The van der Waals surface area contributed by atoms with Crippen LogP contribution in [0.4, 0.5) is 19.0 Å². The molecule has 23 heavy (non-hydrogen) atoms. The van der Waals surface area contributed by atoms with Crippen molar-refractivity contribution in [3.05, 3.63) is 41.2 Å². The van der Waals surface area contributed by atoms with Gasteiger partial charge in [-0.3, -0.25) is 9.69 Å². The summed E-state index contributed by atoms with van der Waals surface area (Å²) in [5, 5.41) is 7.40. The first-order valence-corrected chi connectivity index (χ1v) is 6.57. The quantitative estimate of drug-likeness (QED) is 0.851. The highest BCUT2D eigenvalue weighted by molar-refractivity contribution is 6.30. The molecule has 0 aliphatic heterocycles. The minimum atomic E-state index is -4.48. The van der Waals surface area contributed by atoms with Gasteiger partial charge < -0.3 is 4.74 Å². The Morgan fingerprint density at radius 1 is 1.26 bits per heavy atom. The van der Waals surface area contributed by atoms with Crippen molar-refractivity contribution < 1.29 is 22.7 Å². The van der Waals surface area contributed by atoms with E-state index in [-0.39, 0.29) is 11.6 Å². The van der Waals surface area contributed by atoms with Crippen molar-refractivity contribution in [2.24, 2.45) is 0 Å². The summed E-state index contributed by atoms with van der Waals surface area (Å²) >= 11 is 5.71. The van der Waals surface area contributed by atoms with Crippen LogP contribution in [-0.2, 0) is 0 Å². The van der Waals surface area contributed by atoms with E-state index < -0.39 is 18.7 Å². The highest BCUT2D eigenvalue weighted by Gasteiger charge is 2.28. The smallest absolute Gasteiger partial charge is 0.422 e. The minimum absolute atomic E-state index is 0.0661. The maximum atomic E-state index is 12.2. The molecule has 6 nitrogen and oxygen atoms in total. The van der Waals surface area contributed by atoms with Gasteiger partial charge in [-0.05, 0) is 18.2 Å². The maximum Gasteiger partial charge on any atom is 0.422 e. The van der Waals surface area contributed by atoms with Crippen molar-refractivity contribution in [1.29, 1.82) is 0 Å². The molecule has 0 saturated heterocycles. The van der Waals surface area contributed by atoms with Crippen molar-refractivity contribution in [2.75, 3.05) is 18.6 Å². The van der Waals surface area contributed by atoms with E-state index in [0.717, 1.165) is 6.07 Å². The van der Waals surface area contributed by atoms with Gasteiger partial charge in [0.2, 0.25) is 5.88 Å². The van der Waals surface area contributed by atoms with Gasteiger partial charge in [0.1, 0.15) is 5.82 Å². The Bertz CT molecular complexity index is 677. The second kappa shape index (κ2) is 6.78. The summed E-state index contributed by atoms with van der Waals surface area (Å²) in [4.78, 5) is 17.4. The second-order valence-corrected chi connectivity index (χ2v) is 4.80. The lowest BCUT2D eigenvalue weighted by Gasteiger charge is -2.15. The minimum Gasteiger partial charge on any atom is -0.467 e. The average molecular weight is 347 g/mol. The van der Waals surface area contributed by atoms with Crippen LogP contribution in [0.2, 0.25) is 5.02 Å². The number of carbonyl (C=O) groups is 1. The molecule has 0 radical (unpaired) electrons. The standard InChI is InChI=1S/C13H10ClF3N4O2/c1-21(10-4-2-8(14)6-18-10)12(22)9-3-5-11(20-19-9)23-7-13(15,16)17/h2-6H,7H2,1H3. The van der Waals surface area contributed by atoms with Crippen LogP contribution in [0.1, 0.15) is 10.5 Å². The molecule has 122 valence electrons. The predicted octanol–water partition coefficient (Wildman–Crippen LogP) is 2.74. The van der Waals surface area contributed by atoms with Crippen LogP contribution >= 0.6 is 11.6 Å². The molecule has 0 atom stereocenters. The van der Waals surface area contributed by atoms with Gasteiger partial charge in [0, 0.05) is 19.3 Å². The van der Waals surface area contributed by atoms with Crippen molar-refractivity contribution in [3.63, 3.8) is 0 Å². The third-order valence-corrected chi connectivity index (χ3v) is 2.83. The summed E-state index contributed by atoms with van der Waals surface area (Å²) in [6.45, 7) is -1.48. The SMILES string of the molecule is CN(C(=O)c1ccc(OCC(F)(F)F)nn1)c1ccc(Cl)cn1. The van der Waals surface area contributed by atoms with Gasteiger partial charge in [-0.1, -0.05) is 11.6 Å². The van der Waals surface area contributed by atoms with Gasteiger partial charge in [0.05, 0.1) is 5.02 Å². The van der Waals surface area contributed by atoms with E-state index in [1.165, 1.54) is 30.3 Å². The summed E-state index contributed by atoms with van der Waals surface area (Å²) in [6.07, 6.45) is -3.10. The molecule has 0 unspecified atom stereocenters. The molecule has 0 N–H and O–H groups in total. The fraction of sp³-hybridized carbons (Fsp3) is 0.231. The van der Waals surface area contributed by atoms with Gasteiger partial charge in [-0.25, -0.2) is 4.98 Å². The number of amides is 1. The van der Waals surface area contributed by atoms with Crippen molar-refractivity contribution in [2.45, 2.75) is 6.18 Å². The topological polar surface area (TPSA) is 68.2 Å². The lowest BCUT2D eigenvalue weighted by Crippen LogP contribution is -2.28. The second-order valence-electron chi connectivity index (χ2n) is 4.36. The van der Waals surface area contributed by atoms with E-state index >= 15 is 0 Å². The summed E-state index contributed by atoms with van der Waals surface area (Å²) in [7, 11) is 1.47. The summed E-state index contributed by atoms with van der Waals surface area (Å²) in [5.74, 6) is -0.528. The van der Waals surface area contributed by atoms with Crippen LogP contribution in [0.25, 0.3) is 0 Å². The molecule has 2 aromatic rings. The van der Waals surface area contributed by atoms with Crippen molar-refractivity contribution >= 4 is 23.3 Å². The molecule has 0 aliphatic rings. The average Bonchev–Trinajstić information content (AvgIpc) is 2.52. The Hall–Kier alpha value is -2.42. The number of pyridine rings is 1. The van der Waals surface area contributed by atoms with E-state index in [1.54, 1.807) is 6.07 Å². The molecule has 2 rings (SSSR count). The molecular weight excluding hydrogens is 337 g/mol. The summed E-state index contributed by atoms with van der Waals surface area (Å²) < 4.78 is 40.5. The molecule has 0 fully saturated rings. The first kappa shape index (κ1) is 16.9. The zero-order valence-electron chi connectivity index (χ0n) is 11.7. The predicted molar refractivity (Wildman–Crippen MR) is 75.6 cm³/mol. The normalized spacial score (nSPS) is 11.2.